The van der Waals surface area contributed by atoms with Crippen molar-refractivity contribution in [1.82, 2.24) is 0 Å². The molecule has 0 bridgehead atoms. The summed E-state index contributed by atoms with van der Waals surface area (Å²) >= 11 is 0. The normalized spacial score (nSPS) is 11.6. The molecule has 20 heteroatoms. The number of hydrogen-bond donors (Lipinski definition) is 0. The minimum Gasteiger partial charge on any atom is -0.497 e. The summed E-state index contributed by atoms with van der Waals surface area (Å²) in [4.78, 5) is 85.1. The molecule has 0 amide bonds. The van der Waals surface area contributed by atoms with E-state index in [9.17, 15) is 29.3 Å². The zero-order valence-corrected chi connectivity index (χ0v) is 48.8. The predicted octanol–water partition coefficient (Wildman–Crippen LogP) is 10.9. The van der Waals surface area contributed by atoms with Crippen molar-refractivity contribution < 1.29 is 71.2 Å². The minimum atomic E-state index is -0.905. The Labute approximate surface area is 471 Å². The molecule has 1 aliphatic carbocycles. The number of fused-ring (bicyclic) bond motifs is 2. The lowest BCUT2D eigenvalue weighted by Crippen LogP contribution is -2.40. The van der Waals surface area contributed by atoms with E-state index in [1.165, 1.54) is 36.3 Å². The van der Waals surface area contributed by atoms with Crippen LogP contribution in [0.15, 0.2) is 94.1 Å². The van der Waals surface area contributed by atoms with E-state index in [1.54, 1.807) is 106 Å². The number of anilines is 2. The summed E-state index contributed by atoms with van der Waals surface area (Å²) in [6, 6.07) is 23.4. The standard InChI is InChI=1S/C60H73N3O15.CO2/c1-37-26-40(70-14)17-21-43(37)56-44-20-16-39(64)28-49(44)75-50-30-42(18-22-45(50)56)74-35-38-27-48(61(32-53(65)76-58(5,6)7)33-54(66)77-59(8,9)10)52(31-47(38)63(68)69)73-25-24-72-51-29-41(71-15)19-23-46(51)62(36-57(2,3)4)34-55(67)78-60(11,12)13;2-1-3/h16-23,26-31H,24-25,32-36H2,1-15H3;. The van der Waals surface area contributed by atoms with Crippen molar-refractivity contribution in [2.75, 3.05) is 63.4 Å². The van der Waals surface area contributed by atoms with Crippen molar-refractivity contribution in [2.45, 2.75) is 113 Å². The SMILES string of the molecule is COc1ccc(-c2c3ccc(=O)cc-3oc3cc(OCc4cc(N(CC(=O)OC(C)(C)C)CC(=O)OC(C)(C)C)c(OCCOc5cc(OC)ccc5N(CC(=O)OC(C)(C)C)CC(C)(C)C)cc4[N+](=O)[O-])ccc23)c(C)c1.O=C=O. The van der Waals surface area contributed by atoms with Crippen LogP contribution in [-0.4, -0.2) is 99.4 Å². The van der Waals surface area contributed by atoms with Gasteiger partial charge in [0.15, 0.2) is 5.43 Å². The van der Waals surface area contributed by atoms with Crippen LogP contribution >= 0.6 is 0 Å². The number of aryl methyl sites for hydroxylation is 1. The molecule has 0 unspecified atom stereocenters. The predicted molar refractivity (Wildman–Crippen MR) is 304 cm³/mol. The first-order valence-electron chi connectivity index (χ1n) is 26.0. The van der Waals surface area contributed by atoms with Gasteiger partial charge in [-0.15, -0.1) is 0 Å². The zero-order valence-electron chi connectivity index (χ0n) is 48.8. The highest BCUT2D eigenvalue weighted by atomic mass is 16.6. The van der Waals surface area contributed by atoms with Crippen molar-refractivity contribution >= 4 is 52.1 Å². The van der Waals surface area contributed by atoms with Gasteiger partial charge < -0.3 is 52.1 Å². The molecule has 1 aliphatic heterocycles. The molecule has 4 aromatic rings. The van der Waals surface area contributed by atoms with Crippen molar-refractivity contribution in [3.8, 4) is 51.2 Å². The molecule has 4 aromatic carbocycles. The van der Waals surface area contributed by atoms with Crippen LogP contribution in [0.4, 0.5) is 17.1 Å². The van der Waals surface area contributed by atoms with E-state index in [1.807, 2.05) is 56.9 Å². The maximum atomic E-state index is 13.7. The fourth-order valence-electron chi connectivity index (χ4n) is 8.60. The summed E-state index contributed by atoms with van der Waals surface area (Å²) in [6.07, 6.45) is 0.250. The number of hydrogen-bond acceptors (Lipinski definition) is 19. The third-order valence-corrected chi connectivity index (χ3v) is 11.5. The van der Waals surface area contributed by atoms with Gasteiger partial charge in [-0.1, -0.05) is 26.8 Å². The molecule has 0 N–H and O–H groups in total. The summed E-state index contributed by atoms with van der Waals surface area (Å²) in [5, 5.41) is 13.8. The number of carbonyl (C=O) groups excluding carboxylic acids is 5. The van der Waals surface area contributed by atoms with Crippen LogP contribution in [-0.2, 0) is 44.8 Å². The van der Waals surface area contributed by atoms with Crippen LogP contribution in [0.5, 0.6) is 28.7 Å². The quantitative estimate of drug-likeness (QED) is 0.0162. The van der Waals surface area contributed by atoms with E-state index in [0.29, 0.717) is 51.8 Å². The molecule has 20 nitrogen and oxygen atoms in total. The Morgan fingerprint density at radius 3 is 1.63 bits per heavy atom. The molecule has 2 aliphatic rings. The van der Waals surface area contributed by atoms with Gasteiger partial charge in [-0.2, -0.15) is 9.59 Å². The molecule has 0 spiro atoms. The molecule has 81 heavy (non-hydrogen) atoms. The van der Waals surface area contributed by atoms with Crippen LogP contribution in [0.25, 0.3) is 33.4 Å². The van der Waals surface area contributed by atoms with Crippen LogP contribution in [0.3, 0.4) is 0 Å². The Morgan fingerprint density at radius 1 is 0.605 bits per heavy atom. The molecule has 0 atom stereocenters. The number of nitro groups is 1. The molecule has 0 radical (unpaired) electrons. The molecule has 1 heterocycles. The summed E-state index contributed by atoms with van der Waals surface area (Å²) in [5.74, 6) is 0.246. The van der Waals surface area contributed by atoms with Crippen LogP contribution in [0, 0.1) is 22.5 Å². The molecule has 0 fully saturated rings. The van der Waals surface area contributed by atoms with Gasteiger partial charge in [-0.25, -0.2) is 0 Å². The second kappa shape index (κ2) is 26.5. The van der Waals surface area contributed by atoms with E-state index < -0.39 is 58.4 Å². The summed E-state index contributed by atoms with van der Waals surface area (Å²) in [5.41, 5.74) is 1.05. The van der Waals surface area contributed by atoms with E-state index in [0.717, 1.165) is 16.7 Å². The largest absolute Gasteiger partial charge is 0.497 e. The maximum Gasteiger partial charge on any atom is 0.373 e. The highest BCUT2D eigenvalue weighted by molar-refractivity contribution is 6.03. The first-order chi connectivity index (χ1) is 37.8. The molecule has 0 aromatic heterocycles. The maximum absolute atomic E-state index is 13.7. The van der Waals surface area contributed by atoms with Crippen molar-refractivity contribution in [2.24, 2.45) is 5.41 Å². The Balaban J connectivity index is 0.00000392. The first-order valence-corrected chi connectivity index (χ1v) is 26.0. The van der Waals surface area contributed by atoms with Gasteiger partial charge in [-0.3, -0.25) is 29.3 Å². The van der Waals surface area contributed by atoms with E-state index in [4.69, 9.17) is 51.9 Å². The lowest BCUT2D eigenvalue weighted by atomic mass is 9.91. The smallest absolute Gasteiger partial charge is 0.373 e. The second-order valence-electron chi connectivity index (χ2n) is 23.1. The fraction of sp³-hybridized carbons (Fsp3) is 0.426. The Morgan fingerprint density at radius 2 is 1.11 bits per heavy atom. The summed E-state index contributed by atoms with van der Waals surface area (Å²) in [7, 11) is 3.11. The van der Waals surface area contributed by atoms with Crippen molar-refractivity contribution in [3.63, 3.8) is 0 Å². The lowest BCUT2D eigenvalue weighted by Gasteiger charge is -2.33. The lowest BCUT2D eigenvalue weighted by molar-refractivity contribution is -0.385. The minimum absolute atomic E-state index is 0.0583. The van der Waals surface area contributed by atoms with Gasteiger partial charge in [0.25, 0.3) is 5.69 Å². The van der Waals surface area contributed by atoms with Crippen LogP contribution < -0.4 is 38.9 Å². The number of nitrogens with zero attached hydrogens (tertiary/aromatic N) is 3. The third-order valence-electron chi connectivity index (χ3n) is 11.5. The average Bonchev–Trinajstić information content (AvgIpc) is 3.35. The monoisotopic (exact) mass is 1120 g/mol. The van der Waals surface area contributed by atoms with Gasteiger partial charge >= 0.3 is 24.1 Å². The molecule has 6 rings (SSSR count). The summed E-state index contributed by atoms with van der Waals surface area (Å²) in [6.45, 7) is 22.4. The Kier molecular flexibility index (Phi) is 20.7. The topological polar surface area (TPSA) is 239 Å². The Hall–Kier alpha value is -8.64. The van der Waals surface area contributed by atoms with E-state index in [-0.39, 0.29) is 66.1 Å². The summed E-state index contributed by atoms with van der Waals surface area (Å²) < 4.78 is 53.5. The first kappa shape index (κ1) is 63.2. The van der Waals surface area contributed by atoms with Gasteiger partial charge in [0, 0.05) is 41.3 Å². The number of ether oxygens (including phenoxy) is 8. The number of methoxy groups -OCH3 is 2. The number of rotatable bonds is 21. The van der Waals surface area contributed by atoms with Crippen molar-refractivity contribution in [1.29, 1.82) is 0 Å². The Bertz CT molecular complexity index is 3250. The second-order valence-corrected chi connectivity index (χ2v) is 23.1. The van der Waals surface area contributed by atoms with Crippen LogP contribution in [0.1, 0.15) is 94.2 Å². The average molecular weight is 1120 g/mol. The van der Waals surface area contributed by atoms with Gasteiger partial charge in [0.05, 0.1) is 42.1 Å². The van der Waals surface area contributed by atoms with Gasteiger partial charge in [0.1, 0.15) is 96.3 Å². The van der Waals surface area contributed by atoms with E-state index in [2.05, 4.69) is 0 Å². The highest BCUT2D eigenvalue weighted by Crippen LogP contribution is 2.43. The highest BCUT2D eigenvalue weighted by Gasteiger charge is 2.30. The molecule has 0 saturated carbocycles. The van der Waals surface area contributed by atoms with Gasteiger partial charge in [-0.05, 0) is 140 Å². The number of esters is 3. The molecule has 434 valence electrons. The zero-order chi connectivity index (χ0) is 60.2. The molecular weight excluding hydrogens is 1050 g/mol. The molecule has 0 saturated heterocycles. The number of nitro benzene ring substituents is 1. The molecular formula is C61H73N3O17. The van der Waals surface area contributed by atoms with E-state index >= 15 is 0 Å². The van der Waals surface area contributed by atoms with Gasteiger partial charge in [0.2, 0.25) is 0 Å². The number of carbonyl (C=O) groups is 3. The fourth-order valence-corrected chi connectivity index (χ4v) is 8.60. The number of benzene rings is 5. The van der Waals surface area contributed by atoms with Crippen molar-refractivity contribution in [3.05, 3.63) is 116 Å². The van der Waals surface area contributed by atoms with Crippen LogP contribution in [0.2, 0.25) is 0 Å². The third kappa shape index (κ3) is 18.7.